The second-order valence-electron chi connectivity index (χ2n) is 6.60. The maximum absolute atomic E-state index is 12.8. The quantitative estimate of drug-likeness (QED) is 0.864. The molecular formula is C15H19F3N4O3. The van der Waals surface area contributed by atoms with Gasteiger partial charge in [-0.05, 0) is 13.8 Å². The molecule has 0 saturated carbocycles. The number of anilines is 1. The molecule has 3 atom stereocenters. The highest BCUT2D eigenvalue weighted by atomic mass is 19.4. The number of ether oxygens (including phenoxy) is 2. The van der Waals surface area contributed by atoms with Crippen molar-refractivity contribution < 1.29 is 27.4 Å². The zero-order chi connectivity index (χ0) is 18.4. The smallest absolute Gasteiger partial charge is 0.362 e. The number of nitrogens with zero attached hydrogens (tertiary/aromatic N) is 3. The molecule has 0 aliphatic carbocycles. The van der Waals surface area contributed by atoms with Crippen molar-refractivity contribution in [2.24, 2.45) is 0 Å². The van der Waals surface area contributed by atoms with Crippen LogP contribution in [0, 0.1) is 0 Å². The zero-order valence-corrected chi connectivity index (χ0v) is 14.0. The molecule has 1 amide bonds. The molecule has 0 unspecified atom stereocenters. The van der Waals surface area contributed by atoms with Gasteiger partial charge in [0, 0.05) is 20.0 Å². The Kier molecular flexibility index (Phi) is 4.36. The minimum absolute atomic E-state index is 0.0303. The maximum Gasteiger partial charge on any atom is 0.434 e. The highest BCUT2D eigenvalue weighted by Gasteiger charge is 2.49. The fourth-order valence-corrected chi connectivity index (χ4v) is 3.13. The minimum atomic E-state index is -4.58. The molecule has 0 aromatic carbocycles. The molecule has 3 rings (SSSR count). The van der Waals surface area contributed by atoms with Crippen LogP contribution in [0.25, 0.3) is 0 Å². The molecule has 0 bridgehead atoms. The van der Waals surface area contributed by atoms with Gasteiger partial charge in [-0.15, -0.1) is 0 Å². The molecule has 138 valence electrons. The van der Waals surface area contributed by atoms with Crippen LogP contribution in [-0.2, 0) is 20.4 Å². The number of rotatable bonds is 2. The lowest BCUT2D eigenvalue weighted by atomic mass is 9.99. The molecule has 10 heteroatoms. The standard InChI is InChI=1S/C15H19F3N4O3/c1-8(23)22-6-9(13-10(7-22)24-14(2,3)25-13)20-12-5-19-4-11(21-12)15(16,17)18/h4-5,9-10,13H,6-7H2,1-3H3,(H,20,21)/t9-,10-,13+/m0/s1. The topological polar surface area (TPSA) is 76.6 Å². The molecule has 0 spiro atoms. The third kappa shape index (κ3) is 3.84. The monoisotopic (exact) mass is 360 g/mol. The molecule has 1 N–H and O–H groups in total. The van der Waals surface area contributed by atoms with E-state index in [0.29, 0.717) is 12.7 Å². The molecule has 2 aliphatic heterocycles. The lowest BCUT2D eigenvalue weighted by Crippen LogP contribution is -2.58. The summed E-state index contributed by atoms with van der Waals surface area (Å²) in [5.74, 6) is -1.01. The number of carbonyl (C=O) groups is 1. The Morgan fingerprint density at radius 3 is 2.68 bits per heavy atom. The fourth-order valence-electron chi connectivity index (χ4n) is 3.13. The van der Waals surface area contributed by atoms with E-state index in [1.807, 2.05) is 0 Å². The predicted molar refractivity (Wildman–Crippen MR) is 80.5 cm³/mol. The number of piperidine rings is 1. The van der Waals surface area contributed by atoms with Gasteiger partial charge in [-0.3, -0.25) is 9.78 Å². The van der Waals surface area contributed by atoms with Crippen molar-refractivity contribution in [3.8, 4) is 0 Å². The number of hydrogen-bond donors (Lipinski definition) is 1. The van der Waals surface area contributed by atoms with E-state index in [4.69, 9.17) is 9.47 Å². The first-order valence-corrected chi connectivity index (χ1v) is 7.82. The first-order chi connectivity index (χ1) is 11.5. The Balaban J connectivity index is 1.83. The van der Waals surface area contributed by atoms with Crippen molar-refractivity contribution >= 4 is 11.7 Å². The van der Waals surface area contributed by atoms with Gasteiger partial charge in [0.25, 0.3) is 0 Å². The summed E-state index contributed by atoms with van der Waals surface area (Å²) in [5.41, 5.74) is -1.09. The van der Waals surface area contributed by atoms with Gasteiger partial charge < -0.3 is 19.7 Å². The van der Waals surface area contributed by atoms with Crippen molar-refractivity contribution in [3.05, 3.63) is 18.1 Å². The average molecular weight is 360 g/mol. The van der Waals surface area contributed by atoms with E-state index in [9.17, 15) is 18.0 Å². The molecule has 25 heavy (non-hydrogen) atoms. The van der Waals surface area contributed by atoms with E-state index in [1.165, 1.54) is 13.1 Å². The molecular weight excluding hydrogens is 341 g/mol. The Hall–Kier alpha value is -1.94. The fraction of sp³-hybridized carbons (Fsp3) is 0.667. The highest BCUT2D eigenvalue weighted by Crippen LogP contribution is 2.34. The third-order valence-electron chi connectivity index (χ3n) is 4.14. The molecule has 1 aromatic heterocycles. The molecule has 2 aliphatic rings. The summed E-state index contributed by atoms with van der Waals surface area (Å²) in [4.78, 5) is 20.5. The van der Waals surface area contributed by atoms with Crippen molar-refractivity contribution in [2.75, 3.05) is 18.4 Å². The van der Waals surface area contributed by atoms with Gasteiger partial charge >= 0.3 is 6.18 Å². The summed E-state index contributed by atoms with van der Waals surface area (Å²) in [6.45, 7) is 5.58. The van der Waals surface area contributed by atoms with Crippen LogP contribution in [-0.4, -0.2) is 57.9 Å². The van der Waals surface area contributed by atoms with Gasteiger partial charge in [0.05, 0.1) is 18.4 Å². The second-order valence-corrected chi connectivity index (χ2v) is 6.60. The molecule has 2 fully saturated rings. The molecule has 2 saturated heterocycles. The number of aromatic nitrogens is 2. The Bertz CT molecular complexity index is 668. The van der Waals surface area contributed by atoms with E-state index in [-0.39, 0.29) is 24.4 Å². The maximum atomic E-state index is 12.8. The lowest BCUT2D eigenvalue weighted by molar-refractivity contribution is -0.146. The van der Waals surface area contributed by atoms with Crippen molar-refractivity contribution in [1.29, 1.82) is 0 Å². The van der Waals surface area contributed by atoms with Gasteiger partial charge in [-0.25, -0.2) is 4.98 Å². The van der Waals surface area contributed by atoms with E-state index < -0.39 is 29.8 Å². The SMILES string of the molecule is CC(=O)N1C[C@H](Nc2cncc(C(F)(F)F)n2)[C@H]2OC(C)(C)O[C@H]2C1. The first kappa shape index (κ1) is 17.9. The van der Waals surface area contributed by atoms with Crippen LogP contribution < -0.4 is 5.32 Å². The highest BCUT2D eigenvalue weighted by molar-refractivity contribution is 5.73. The Morgan fingerprint density at radius 1 is 1.32 bits per heavy atom. The summed E-state index contributed by atoms with van der Waals surface area (Å²) < 4.78 is 50.1. The van der Waals surface area contributed by atoms with Crippen molar-refractivity contribution in [2.45, 2.75) is 51.0 Å². The number of nitrogens with one attached hydrogen (secondary N) is 1. The second kappa shape index (κ2) is 6.10. The number of alkyl halides is 3. The van der Waals surface area contributed by atoms with Crippen LogP contribution in [0.3, 0.4) is 0 Å². The zero-order valence-electron chi connectivity index (χ0n) is 14.0. The molecule has 0 radical (unpaired) electrons. The van der Waals surface area contributed by atoms with Gasteiger partial charge in [0.15, 0.2) is 11.5 Å². The van der Waals surface area contributed by atoms with Gasteiger partial charge in [0.2, 0.25) is 5.91 Å². The number of fused-ring (bicyclic) bond motifs is 1. The van der Waals surface area contributed by atoms with E-state index in [1.54, 1.807) is 18.7 Å². The third-order valence-corrected chi connectivity index (χ3v) is 4.14. The Labute approximate surface area is 142 Å². The van der Waals surface area contributed by atoms with Crippen LogP contribution in [0.5, 0.6) is 0 Å². The Morgan fingerprint density at radius 2 is 2.04 bits per heavy atom. The summed E-state index contributed by atoms with van der Waals surface area (Å²) in [6.07, 6.45) is -3.50. The summed E-state index contributed by atoms with van der Waals surface area (Å²) in [6, 6.07) is -0.470. The summed E-state index contributed by atoms with van der Waals surface area (Å²) >= 11 is 0. The van der Waals surface area contributed by atoms with Gasteiger partial charge in [0.1, 0.15) is 18.0 Å². The summed E-state index contributed by atoms with van der Waals surface area (Å²) in [5, 5.41) is 2.91. The summed E-state index contributed by atoms with van der Waals surface area (Å²) in [7, 11) is 0. The number of halogens is 3. The number of likely N-dealkylation sites (tertiary alicyclic amines) is 1. The minimum Gasteiger partial charge on any atom is -0.362 e. The average Bonchev–Trinajstić information content (AvgIpc) is 2.81. The number of hydrogen-bond acceptors (Lipinski definition) is 6. The van der Waals surface area contributed by atoms with Crippen LogP contribution in [0.1, 0.15) is 26.5 Å². The van der Waals surface area contributed by atoms with Gasteiger partial charge in [-0.1, -0.05) is 0 Å². The van der Waals surface area contributed by atoms with E-state index in [0.717, 1.165) is 0 Å². The van der Waals surface area contributed by atoms with Crippen LogP contribution in [0.4, 0.5) is 19.0 Å². The van der Waals surface area contributed by atoms with E-state index in [2.05, 4.69) is 15.3 Å². The normalized spacial score (nSPS) is 28.6. The molecule has 7 nitrogen and oxygen atoms in total. The van der Waals surface area contributed by atoms with Gasteiger partial charge in [-0.2, -0.15) is 13.2 Å². The number of carbonyl (C=O) groups excluding carboxylic acids is 1. The van der Waals surface area contributed by atoms with E-state index >= 15 is 0 Å². The lowest BCUT2D eigenvalue weighted by Gasteiger charge is -2.38. The molecule has 1 aromatic rings. The number of amides is 1. The van der Waals surface area contributed by atoms with Crippen molar-refractivity contribution in [1.82, 2.24) is 14.9 Å². The van der Waals surface area contributed by atoms with Crippen LogP contribution in [0.2, 0.25) is 0 Å². The van der Waals surface area contributed by atoms with Crippen molar-refractivity contribution in [3.63, 3.8) is 0 Å². The molecule has 3 heterocycles. The van der Waals surface area contributed by atoms with Crippen LogP contribution >= 0.6 is 0 Å². The van der Waals surface area contributed by atoms with Crippen LogP contribution in [0.15, 0.2) is 12.4 Å². The largest absolute Gasteiger partial charge is 0.434 e. The predicted octanol–water partition coefficient (Wildman–Crippen LogP) is 1.66. The first-order valence-electron chi connectivity index (χ1n) is 7.82.